The van der Waals surface area contributed by atoms with Gasteiger partial charge in [-0.05, 0) is 36.1 Å². The molecule has 0 amide bonds. The number of hydrogen-bond donors (Lipinski definition) is 2. The van der Waals surface area contributed by atoms with Crippen molar-refractivity contribution in [2.45, 2.75) is 38.2 Å². The lowest BCUT2D eigenvalue weighted by Crippen LogP contribution is -2.32. The van der Waals surface area contributed by atoms with Gasteiger partial charge >= 0.3 is 0 Å². The topological polar surface area (TPSA) is 66.4 Å². The van der Waals surface area contributed by atoms with E-state index in [4.69, 9.17) is 0 Å². The van der Waals surface area contributed by atoms with Gasteiger partial charge in [0.05, 0.1) is 11.0 Å². The Kier molecular flexibility index (Phi) is 5.06. The van der Waals surface area contributed by atoms with Crippen LogP contribution in [0, 0.1) is 11.2 Å². The Bertz CT molecular complexity index is 506. The van der Waals surface area contributed by atoms with Crippen LogP contribution >= 0.6 is 0 Å². The maximum absolute atomic E-state index is 12.7. The molecule has 0 radical (unpaired) electrons. The zero-order chi connectivity index (χ0) is 14.7. The van der Waals surface area contributed by atoms with Crippen molar-refractivity contribution in [3.8, 4) is 0 Å². The molecule has 108 valence electrons. The largest absolute Gasteiger partial charge is 0.393 e. The minimum atomic E-state index is -3.65. The molecule has 0 saturated carbocycles. The summed E-state index contributed by atoms with van der Waals surface area (Å²) < 4.78 is 38.8. The molecule has 0 aliphatic rings. The highest BCUT2D eigenvalue weighted by Gasteiger charge is 2.22. The van der Waals surface area contributed by atoms with Crippen molar-refractivity contribution in [2.24, 2.45) is 5.41 Å². The number of aliphatic hydroxyl groups is 1. The van der Waals surface area contributed by atoms with Crippen LogP contribution in [0.5, 0.6) is 0 Å². The first kappa shape index (κ1) is 16.1. The molecule has 0 aliphatic heterocycles. The molecular weight excluding hydrogens is 269 g/mol. The van der Waals surface area contributed by atoms with Gasteiger partial charge in [-0.15, -0.1) is 0 Å². The average molecular weight is 289 g/mol. The number of hydrogen-bond acceptors (Lipinski definition) is 3. The van der Waals surface area contributed by atoms with Crippen molar-refractivity contribution in [3.63, 3.8) is 0 Å². The van der Waals surface area contributed by atoms with Crippen molar-refractivity contribution in [2.75, 3.05) is 6.54 Å². The monoisotopic (exact) mass is 289 g/mol. The van der Waals surface area contributed by atoms with E-state index < -0.39 is 21.9 Å². The van der Waals surface area contributed by atoms with Crippen LogP contribution in [0.1, 0.15) is 27.2 Å². The van der Waals surface area contributed by atoms with Crippen LogP contribution in [-0.4, -0.2) is 26.2 Å². The highest BCUT2D eigenvalue weighted by molar-refractivity contribution is 7.89. The number of benzene rings is 1. The minimum absolute atomic E-state index is 0.0131. The van der Waals surface area contributed by atoms with Gasteiger partial charge in [-0.1, -0.05) is 20.8 Å². The zero-order valence-corrected chi connectivity index (χ0v) is 12.2. The maximum Gasteiger partial charge on any atom is 0.240 e. The molecule has 4 nitrogen and oxygen atoms in total. The fourth-order valence-corrected chi connectivity index (χ4v) is 2.51. The molecule has 1 rings (SSSR count). The fraction of sp³-hybridized carbons (Fsp3) is 0.538. The summed E-state index contributed by atoms with van der Waals surface area (Å²) in [5.74, 6) is -0.484. The molecule has 1 aromatic rings. The molecule has 2 N–H and O–H groups in total. The van der Waals surface area contributed by atoms with Crippen LogP contribution in [0.4, 0.5) is 4.39 Å². The Morgan fingerprint density at radius 2 is 1.79 bits per heavy atom. The highest BCUT2D eigenvalue weighted by atomic mass is 32.2. The Balaban J connectivity index is 2.60. The van der Waals surface area contributed by atoms with E-state index >= 15 is 0 Å². The second-order valence-electron chi connectivity index (χ2n) is 5.52. The van der Waals surface area contributed by atoms with E-state index in [2.05, 4.69) is 4.72 Å². The Morgan fingerprint density at radius 1 is 1.26 bits per heavy atom. The van der Waals surface area contributed by atoms with Crippen LogP contribution in [-0.2, 0) is 10.0 Å². The van der Waals surface area contributed by atoms with E-state index in [1.807, 2.05) is 20.8 Å². The van der Waals surface area contributed by atoms with Gasteiger partial charge in [-0.3, -0.25) is 0 Å². The summed E-state index contributed by atoms with van der Waals surface area (Å²) in [6.45, 7) is 5.78. The quantitative estimate of drug-likeness (QED) is 0.870. The number of aliphatic hydroxyl groups excluding tert-OH is 1. The predicted molar refractivity (Wildman–Crippen MR) is 71.7 cm³/mol. The summed E-state index contributed by atoms with van der Waals surface area (Å²) >= 11 is 0. The van der Waals surface area contributed by atoms with Crippen LogP contribution < -0.4 is 4.72 Å². The normalized spacial score (nSPS) is 14.4. The van der Waals surface area contributed by atoms with Crippen molar-refractivity contribution in [1.29, 1.82) is 0 Å². The van der Waals surface area contributed by atoms with Crippen LogP contribution in [0.3, 0.4) is 0 Å². The van der Waals surface area contributed by atoms with E-state index in [-0.39, 0.29) is 16.9 Å². The van der Waals surface area contributed by atoms with E-state index in [0.29, 0.717) is 6.42 Å². The summed E-state index contributed by atoms with van der Waals surface area (Å²) in [5.41, 5.74) is -0.290. The van der Waals surface area contributed by atoms with E-state index in [1.54, 1.807) is 0 Å². The summed E-state index contributed by atoms with van der Waals surface area (Å²) in [4.78, 5) is 0.0131. The third-order valence-electron chi connectivity index (χ3n) is 2.83. The molecule has 1 atom stereocenters. The van der Waals surface area contributed by atoms with Gasteiger partial charge in [0.15, 0.2) is 0 Å². The van der Waals surface area contributed by atoms with E-state index in [0.717, 1.165) is 12.1 Å². The molecule has 0 aromatic heterocycles. The first-order valence-electron chi connectivity index (χ1n) is 6.06. The molecule has 6 heteroatoms. The molecule has 0 saturated heterocycles. The standard InChI is InChI=1S/C13H20FNO3S/c1-13(2,3)12(16)8-9-15-19(17,18)11-6-4-10(14)5-7-11/h4-7,12,15-16H,8-9H2,1-3H3. The summed E-state index contributed by atoms with van der Waals surface area (Å²) in [7, 11) is -3.65. The van der Waals surface area contributed by atoms with Crippen LogP contribution in [0.15, 0.2) is 29.2 Å². The van der Waals surface area contributed by atoms with Crippen molar-refractivity contribution >= 4 is 10.0 Å². The Labute approximate surface area is 113 Å². The molecule has 0 heterocycles. The molecule has 0 bridgehead atoms. The van der Waals surface area contributed by atoms with Gasteiger partial charge in [0.1, 0.15) is 5.82 Å². The average Bonchev–Trinajstić information content (AvgIpc) is 2.28. The van der Waals surface area contributed by atoms with Crippen LogP contribution in [0.25, 0.3) is 0 Å². The van der Waals surface area contributed by atoms with Crippen molar-refractivity contribution in [1.82, 2.24) is 4.72 Å². The van der Waals surface area contributed by atoms with Gasteiger partial charge in [0, 0.05) is 6.54 Å². The molecule has 1 unspecified atom stereocenters. The molecule has 19 heavy (non-hydrogen) atoms. The molecule has 0 spiro atoms. The van der Waals surface area contributed by atoms with E-state index in [1.165, 1.54) is 12.1 Å². The van der Waals surface area contributed by atoms with Crippen molar-refractivity contribution in [3.05, 3.63) is 30.1 Å². The third-order valence-corrected chi connectivity index (χ3v) is 4.31. The SMILES string of the molecule is CC(C)(C)C(O)CCNS(=O)(=O)c1ccc(F)cc1. The van der Waals surface area contributed by atoms with Gasteiger partial charge in [0.2, 0.25) is 10.0 Å². The lowest BCUT2D eigenvalue weighted by Gasteiger charge is -2.25. The summed E-state index contributed by atoms with van der Waals surface area (Å²) in [6.07, 6.45) is -0.271. The van der Waals surface area contributed by atoms with Crippen molar-refractivity contribution < 1.29 is 17.9 Å². The fourth-order valence-electron chi connectivity index (χ4n) is 1.46. The lowest BCUT2D eigenvalue weighted by atomic mass is 9.87. The number of halogens is 1. The molecule has 0 fully saturated rings. The second kappa shape index (κ2) is 5.98. The first-order chi connectivity index (χ1) is 8.63. The third kappa shape index (κ3) is 4.89. The van der Waals surface area contributed by atoms with Crippen LogP contribution in [0.2, 0.25) is 0 Å². The highest BCUT2D eigenvalue weighted by Crippen LogP contribution is 2.21. The number of nitrogens with one attached hydrogen (secondary N) is 1. The van der Waals surface area contributed by atoms with Gasteiger partial charge in [-0.25, -0.2) is 17.5 Å². The molecule has 1 aromatic carbocycles. The predicted octanol–water partition coefficient (Wildman–Crippen LogP) is 1.90. The maximum atomic E-state index is 12.7. The Hall–Kier alpha value is -0.980. The minimum Gasteiger partial charge on any atom is -0.393 e. The van der Waals surface area contributed by atoms with Gasteiger partial charge < -0.3 is 5.11 Å². The Morgan fingerprint density at radius 3 is 2.26 bits per heavy atom. The summed E-state index contributed by atoms with van der Waals surface area (Å²) in [6, 6.07) is 4.60. The first-order valence-corrected chi connectivity index (χ1v) is 7.54. The second-order valence-corrected chi connectivity index (χ2v) is 7.29. The zero-order valence-electron chi connectivity index (χ0n) is 11.4. The summed E-state index contributed by atoms with van der Waals surface area (Å²) in [5, 5.41) is 9.81. The van der Waals surface area contributed by atoms with Gasteiger partial charge in [0.25, 0.3) is 0 Å². The number of sulfonamides is 1. The smallest absolute Gasteiger partial charge is 0.240 e. The van der Waals surface area contributed by atoms with Gasteiger partial charge in [-0.2, -0.15) is 0 Å². The molecular formula is C13H20FNO3S. The lowest BCUT2D eigenvalue weighted by molar-refractivity contribution is 0.0571. The number of rotatable bonds is 5. The van der Waals surface area contributed by atoms with E-state index in [9.17, 15) is 17.9 Å². The molecule has 0 aliphatic carbocycles.